The third-order valence-electron chi connectivity index (χ3n) is 2.89. The molecule has 0 aliphatic heterocycles. The molecule has 0 heterocycles. The van der Waals surface area contributed by atoms with Crippen LogP contribution in [0.4, 0.5) is 0 Å². The lowest BCUT2D eigenvalue weighted by Gasteiger charge is -2.26. The molecule has 17 heavy (non-hydrogen) atoms. The summed E-state index contributed by atoms with van der Waals surface area (Å²) in [5, 5.41) is 4.94. The largest absolute Gasteiger partial charge is 0.311 e. The molecule has 0 fully saturated rings. The van der Waals surface area contributed by atoms with Crippen molar-refractivity contribution in [3.05, 3.63) is 29.3 Å². The summed E-state index contributed by atoms with van der Waals surface area (Å²) in [4.78, 5) is 1.24. The van der Waals surface area contributed by atoms with E-state index in [1.807, 2.05) is 30.0 Å². The van der Waals surface area contributed by atoms with Crippen molar-refractivity contribution in [2.75, 3.05) is 6.54 Å². The number of nitrogens with one attached hydrogen (secondary N) is 1. The van der Waals surface area contributed by atoms with Crippen LogP contribution in [0.2, 0.25) is 5.02 Å². The highest BCUT2D eigenvalue weighted by atomic mass is 35.5. The predicted molar refractivity (Wildman–Crippen MR) is 79.1 cm³/mol. The van der Waals surface area contributed by atoms with E-state index in [9.17, 15) is 0 Å². The first-order valence-electron chi connectivity index (χ1n) is 6.10. The summed E-state index contributed by atoms with van der Waals surface area (Å²) in [6.45, 7) is 9.94. The molecule has 3 heteroatoms. The van der Waals surface area contributed by atoms with Crippen LogP contribution in [0.5, 0.6) is 0 Å². The minimum absolute atomic E-state index is 0.225. The van der Waals surface area contributed by atoms with E-state index in [0.29, 0.717) is 5.25 Å². The number of benzene rings is 1. The van der Waals surface area contributed by atoms with Gasteiger partial charge in [-0.15, -0.1) is 11.8 Å². The maximum Gasteiger partial charge on any atom is 0.0417 e. The van der Waals surface area contributed by atoms with E-state index < -0.39 is 0 Å². The van der Waals surface area contributed by atoms with Gasteiger partial charge in [-0.25, -0.2) is 0 Å². The summed E-state index contributed by atoms with van der Waals surface area (Å²) in [5.41, 5.74) is 0.225. The molecule has 1 nitrogen and oxygen atoms in total. The standard InChI is InChI=1S/C14H22ClNS/c1-5-14(3,4)16-10-11(2)17-13-8-6-7-12(15)9-13/h6-9,11,16H,5,10H2,1-4H3. The second-order valence-corrected chi connectivity index (χ2v) is 6.95. The SMILES string of the molecule is CCC(C)(C)NCC(C)Sc1cccc(Cl)c1. The molecule has 96 valence electrons. The van der Waals surface area contributed by atoms with E-state index in [4.69, 9.17) is 11.6 Å². The highest BCUT2D eigenvalue weighted by molar-refractivity contribution is 8.00. The van der Waals surface area contributed by atoms with Gasteiger partial charge in [-0.1, -0.05) is 31.5 Å². The van der Waals surface area contributed by atoms with Crippen LogP contribution in [0.15, 0.2) is 29.2 Å². The molecule has 1 unspecified atom stereocenters. The summed E-state index contributed by atoms with van der Waals surface area (Å²) < 4.78 is 0. The summed E-state index contributed by atoms with van der Waals surface area (Å²) in [6, 6.07) is 8.04. The van der Waals surface area contributed by atoms with Crippen molar-refractivity contribution in [1.29, 1.82) is 0 Å². The lowest BCUT2D eigenvalue weighted by molar-refractivity contribution is 0.379. The third-order valence-corrected chi connectivity index (χ3v) is 4.22. The van der Waals surface area contributed by atoms with Gasteiger partial charge in [0.25, 0.3) is 0 Å². The Morgan fingerprint density at radius 2 is 2.12 bits per heavy atom. The van der Waals surface area contributed by atoms with Crippen molar-refractivity contribution >= 4 is 23.4 Å². The maximum atomic E-state index is 5.97. The Labute approximate surface area is 114 Å². The van der Waals surface area contributed by atoms with Crippen LogP contribution in [0.1, 0.15) is 34.1 Å². The fraction of sp³-hybridized carbons (Fsp3) is 0.571. The monoisotopic (exact) mass is 271 g/mol. The highest BCUT2D eigenvalue weighted by Gasteiger charge is 2.15. The van der Waals surface area contributed by atoms with Gasteiger partial charge < -0.3 is 5.32 Å². The summed E-state index contributed by atoms with van der Waals surface area (Å²) in [6.07, 6.45) is 1.14. The van der Waals surface area contributed by atoms with Crippen molar-refractivity contribution in [3.8, 4) is 0 Å². The van der Waals surface area contributed by atoms with Gasteiger partial charge >= 0.3 is 0 Å². The first kappa shape index (κ1) is 14.9. The second-order valence-electron chi connectivity index (χ2n) is 5.00. The normalized spacial score (nSPS) is 13.7. The predicted octanol–water partition coefficient (Wildman–Crippen LogP) is 4.60. The molecule has 0 aliphatic carbocycles. The van der Waals surface area contributed by atoms with E-state index in [2.05, 4.69) is 39.1 Å². The van der Waals surface area contributed by atoms with Gasteiger partial charge in [-0.3, -0.25) is 0 Å². The summed E-state index contributed by atoms with van der Waals surface area (Å²) >= 11 is 7.83. The molecule has 1 atom stereocenters. The molecule has 1 aromatic carbocycles. The van der Waals surface area contributed by atoms with E-state index >= 15 is 0 Å². The van der Waals surface area contributed by atoms with Gasteiger partial charge in [-0.2, -0.15) is 0 Å². The molecule has 0 saturated heterocycles. The van der Waals surface area contributed by atoms with Gasteiger partial charge in [0.2, 0.25) is 0 Å². The zero-order valence-corrected chi connectivity index (χ0v) is 12.7. The van der Waals surface area contributed by atoms with E-state index in [1.165, 1.54) is 4.90 Å². The minimum Gasteiger partial charge on any atom is -0.311 e. The van der Waals surface area contributed by atoms with Gasteiger partial charge in [0.1, 0.15) is 0 Å². The van der Waals surface area contributed by atoms with Crippen LogP contribution < -0.4 is 5.32 Å². The molecule has 0 aromatic heterocycles. The fourth-order valence-corrected chi connectivity index (χ4v) is 2.60. The van der Waals surface area contributed by atoms with E-state index in [1.54, 1.807) is 0 Å². The second kappa shape index (κ2) is 6.67. The van der Waals surface area contributed by atoms with Gasteiger partial charge in [-0.05, 0) is 38.5 Å². The van der Waals surface area contributed by atoms with E-state index in [0.717, 1.165) is 18.0 Å². The highest BCUT2D eigenvalue weighted by Crippen LogP contribution is 2.25. The Morgan fingerprint density at radius 1 is 1.41 bits per heavy atom. The minimum atomic E-state index is 0.225. The molecule has 0 saturated carbocycles. The summed E-state index contributed by atoms with van der Waals surface area (Å²) in [7, 11) is 0. The molecule has 0 radical (unpaired) electrons. The fourth-order valence-electron chi connectivity index (χ4n) is 1.36. The Kier molecular flexibility index (Phi) is 5.84. The number of hydrogen-bond acceptors (Lipinski definition) is 2. The number of halogens is 1. The molecule has 1 aromatic rings. The zero-order chi connectivity index (χ0) is 12.9. The van der Waals surface area contributed by atoms with Crippen molar-refractivity contribution in [2.24, 2.45) is 0 Å². The Hall–Kier alpha value is -0.180. The molecule has 0 bridgehead atoms. The number of thioether (sulfide) groups is 1. The Bertz CT molecular complexity index is 352. The first-order chi connectivity index (χ1) is 7.93. The number of hydrogen-bond donors (Lipinski definition) is 1. The van der Waals surface area contributed by atoms with Gasteiger partial charge in [0.15, 0.2) is 0 Å². The quantitative estimate of drug-likeness (QED) is 0.759. The van der Waals surface area contributed by atoms with Gasteiger partial charge in [0.05, 0.1) is 0 Å². The Balaban J connectivity index is 2.42. The summed E-state index contributed by atoms with van der Waals surface area (Å²) in [5.74, 6) is 0. The third kappa shape index (κ3) is 5.80. The van der Waals surface area contributed by atoms with Crippen molar-refractivity contribution in [2.45, 2.75) is 49.8 Å². The molecular formula is C14H22ClNS. The Morgan fingerprint density at radius 3 is 2.71 bits per heavy atom. The van der Waals surface area contributed by atoms with Crippen LogP contribution in [0.3, 0.4) is 0 Å². The lowest BCUT2D eigenvalue weighted by Crippen LogP contribution is -2.41. The topological polar surface area (TPSA) is 12.0 Å². The van der Waals surface area contributed by atoms with Crippen molar-refractivity contribution < 1.29 is 0 Å². The maximum absolute atomic E-state index is 5.97. The average molecular weight is 272 g/mol. The van der Waals surface area contributed by atoms with Crippen LogP contribution in [0.25, 0.3) is 0 Å². The lowest BCUT2D eigenvalue weighted by atomic mass is 10.0. The van der Waals surface area contributed by atoms with Crippen LogP contribution in [-0.2, 0) is 0 Å². The van der Waals surface area contributed by atoms with Crippen molar-refractivity contribution in [1.82, 2.24) is 5.32 Å². The molecule has 1 rings (SSSR count). The molecule has 0 aliphatic rings. The molecular weight excluding hydrogens is 250 g/mol. The van der Waals surface area contributed by atoms with Crippen LogP contribution in [0, 0.1) is 0 Å². The van der Waals surface area contributed by atoms with Crippen LogP contribution >= 0.6 is 23.4 Å². The van der Waals surface area contributed by atoms with Crippen LogP contribution in [-0.4, -0.2) is 17.3 Å². The zero-order valence-electron chi connectivity index (χ0n) is 11.1. The smallest absolute Gasteiger partial charge is 0.0417 e. The van der Waals surface area contributed by atoms with Crippen molar-refractivity contribution in [3.63, 3.8) is 0 Å². The molecule has 1 N–H and O–H groups in total. The first-order valence-corrected chi connectivity index (χ1v) is 7.36. The molecule has 0 amide bonds. The average Bonchev–Trinajstić information content (AvgIpc) is 2.27. The molecule has 0 spiro atoms. The van der Waals surface area contributed by atoms with E-state index in [-0.39, 0.29) is 5.54 Å². The number of rotatable bonds is 6. The van der Waals surface area contributed by atoms with Gasteiger partial charge in [0, 0.05) is 27.3 Å².